The third-order valence-corrected chi connectivity index (χ3v) is 9.56. The van der Waals surface area contributed by atoms with Crippen molar-refractivity contribution in [3.8, 4) is 0 Å². The van der Waals surface area contributed by atoms with Crippen LogP contribution in [0.1, 0.15) is 105 Å². The predicted octanol–water partition coefficient (Wildman–Crippen LogP) is 5.31. The molecule has 3 rings (SSSR count). The van der Waals surface area contributed by atoms with E-state index < -0.39 is 23.4 Å². The van der Waals surface area contributed by atoms with E-state index >= 15 is 0 Å². The quantitative estimate of drug-likeness (QED) is 0.311. The molecule has 7 atom stereocenters. The Labute approximate surface area is 213 Å². The highest BCUT2D eigenvalue weighted by Gasteiger charge is 2.50. The summed E-state index contributed by atoms with van der Waals surface area (Å²) in [6, 6.07) is 0. The highest BCUT2D eigenvalue weighted by atomic mass is 16.5. The Morgan fingerprint density at radius 1 is 1.14 bits per heavy atom. The SMILES string of the molecule is C[C@H](CCCC(C)(C)O)[C@H]1CC[C@H]2/C(=C/C=C3\C[C@@H](O)[C@@](C)(O)[C@H](OCCCO)C3)CCC[C@]12C. The fraction of sp³-hybridized carbons (Fsp3) is 0.867. The van der Waals surface area contributed by atoms with Crippen molar-refractivity contribution in [1.82, 2.24) is 0 Å². The maximum absolute atomic E-state index is 10.8. The minimum Gasteiger partial charge on any atom is -0.396 e. The van der Waals surface area contributed by atoms with E-state index in [1.54, 1.807) is 12.5 Å². The first kappa shape index (κ1) is 28.8. The molecular formula is C30H52O5. The minimum atomic E-state index is -1.27. The van der Waals surface area contributed by atoms with Crippen LogP contribution < -0.4 is 0 Å². The Morgan fingerprint density at radius 2 is 1.89 bits per heavy atom. The molecule has 3 aliphatic carbocycles. The van der Waals surface area contributed by atoms with Gasteiger partial charge in [0.05, 0.1) is 17.8 Å². The van der Waals surface area contributed by atoms with Crippen molar-refractivity contribution in [1.29, 1.82) is 0 Å². The van der Waals surface area contributed by atoms with E-state index in [0.29, 0.717) is 43.1 Å². The van der Waals surface area contributed by atoms with Gasteiger partial charge < -0.3 is 25.2 Å². The molecule has 0 aliphatic heterocycles. The van der Waals surface area contributed by atoms with E-state index in [2.05, 4.69) is 26.0 Å². The molecule has 3 fully saturated rings. The van der Waals surface area contributed by atoms with Crippen molar-refractivity contribution >= 4 is 0 Å². The van der Waals surface area contributed by atoms with Gasteiger partial charge in [0, 0.05) is 13.2 Å². The van der Waals surface area contributed by atoms with Crippen molar-refractivity contribution in [2.24, 2.45) is 23.2 Å². The van der Waals surface area contributed by atoms with Gasteiger partial charge in [0.2, 0.25) is 0 Å². The first-order valence-electron chi connectivity index (χ1n) is 14.1. The first-order valence-corrected chi connectivity index (χ1v) is 14.1. The number of hydrogen-bond acceptors (Lipinski definition) is 5. The van der Waals surface area contributed by atoms with Crippen LogP contribution in [0.2, 0.25) is 0 Å². The molecule has 3 aliphatic rings. The lowest BCUT2D eigenvalue weighted by Gasteiger charge is -2.44. The molecule has 3 saturated carbocycles. The molecule has 0 saturated heterocycles. The summed E-state index contributed by atoms with van der Waals surface area (Å²) < 4.78 is 5.86. The molecule has 0 unspecified atom stereocenters. The largest absolute Gasteiger partial charge is 0.396 e. The highest BCUT2D eigenvalue weighted by molar-refractivity contribution is 5.27. The summed E-state index contributed by atoms with van der Waals surface area (Å²) in [5, 5.41) is 40.6. The van der Waals surface area contributed by atoms with Crippen LogP contribution in [0.15, 0.2) is 23.3 Å². The van der Waals surface area contributed by atoms with Gasteiger partial charge in [-0.25, -0.2) is 0 Å². The predicted molar refractivity (Wildman–Crippen MR) is 141 cm³/mol. The lowest BCUT2D eigenvalue weighted by atomic mass is 9.60. The Hall–Kier alpha value is -0.720. The van der Waals surface area contributed by atoms with Gasteiger partial charge in [-0.3, -0.25) is 0 Å². The molecule has 0 radical (unpaired) electrons. The van der Waals surface area contributed by atoms with Gasteiger partial charge in [-0.05, 0) is 102 Å². The monoisotopic (exact) mass is 492 g/mol. The molecule has 0 spiro atoms. The molecule has 0 aromatic heterocycles. The molecule has 0 aromatic carbocycles. The van der Waals surface area contributed by atoms with E-state index in [9.17, 15) is 15.3 Å². The second kappa shape index (κ2) is 11.8. The van der Waals surface area contributed by atoms with Crippen LogP contribution in [0.3, 0.4) is 0 Å². The molecule has 0 bridgehead atoms. The van der Waals surface area contributed by atoms with Crippen LogP contribution in [0.5, 0.6) is 0 Å². The van der Waals surface area contributed by atoms with Crippen molar-refractivity contribution in [3.05, 3.63) is 23.3 Å². The third-order valence-electron chi connectivity index (χ3n) is 9.56. The Bertz CT molecular complexity index is 748. The molecule has 0 aromatic rings. The molecule has 5 heteroatoms. The number of fused-ring (bicyclic) bond motifs is 1. The highest BCUT2D eigenvalue weighted by Crippen LogP contribution is 2.60. The number of ether oxygens (including phenoxy) is 1. The third kappa shape index (κ3) is 6.98. The van der Waals surface area contributed by atoms with Gasteiger partial charge >= 0.3 is 0 Å². The fourth-order valence-electron chi connectivity index (χ4n) is 7.35. The lowest BCUT2D eigenvalue weighted by Crippen LogP contribution is -2.54. The number of rotatable bonds is 10. The zero-order valence-corrected chi connectivity index (χ0v) is 22.9. The Kier molecular flexibility index (Phi) is 9.70. The van der Waals surface area contributed by atoms with Crippen LogP contribution in [0, 0.1) is 23.2 Å². The first-order chi connectivity index (χ1) is 16.4. The van der Waals surface area contributed by atoms with Gasteiger partial charge in [-0.1, -0.05) is 50.0 Å². The fourth-order valence-corrected chi connectivity index (χ4v) is 7.35. The molecule has 0 amide bonds. The number of aliphatic hydroxyl groups excluding tert-OH is 2. The van der Waals surface area contributed by atoms with Gasteiger partial charge in [-0.15, -0.1) is 0 Å². The average Bonchev–Trinajstić information content (AvgIpc) is 3.12. The molecule has 5 nitrogen and oxygen atoms in total. The average molecular weight is 493 g/mol. The standard InChI is InChI=1S/C30H52O5/c1-21(9-6-15-28(2,3)33)24-13-14-25-23(10-7-16-29(24,25)4)12-11-22-19-26(32)30(5,34)27(20-22)35-18-8-17-31/h11-12,21,24-27,31-34H,6-10,13-20H2,1-5H3/b22-11+,23-12+/t21-,24-,25+,26-,27-,29-,30-/m1/s1. The van der Waals surface area contributed by atoms with Crippen LogP contribution in [0.4, 0.5) is 0 Å². The van der Waals surface area contributed by atoms with E-state index in [0.717, 1.165) is 30.8 Å². The zero-order valence-electron chi connectivity index (χ0n) is 22.9. The molecule has 0 heterocycles. The van der Waals surface area contributed by atoms with Crippen molar-refractivity contribution in [2.75, 3.05) is 13.2 Å². The Morgan fingerprint density at radius 3 is 2.57 bits per heavy atom. The maximum Gasteiger partial charge on any atom is 0.114 e. The molecule has 202 valence electrons. The lowest BCUT2D eigenvalue weighted by molar-refractivity contribution is -0.166. The molecule has 4 N–H and O–H groups in total. The smallest absolute Gasteiger partial charge is 0.114 e. The van der Waals surface area contributed by atoms with Crippen LogP contribution in [0.25, 0.3) is 0 Å². The van der Waals surface area contributed by atoms with Crippen molar-refractivity contribution in [3.63, 3.8) is 0 Å². The van der Waals surface area contributed by atoms with Gasteiger partial charge in [0.25, 0.3) is 0 Å². The second-order valence-corrected chi connectivity index (χ2v) is 12.9. The summed E-state index contributed by atoms with van der Waals surface area (Å²) in [5.74, 6) is 2.04. The number of aliphatic hydroxyl groups is 4. The van der Waals surface area contributed by atoms with E-state index in [1.165, 1.54) is 32.1 Å². The second-order valence-electron chi connectivity index (χ2n) is 12.9. The van der Waals surface area contributed by atoms with Crippen LogP contribution >= 0.6 is 0 Å². The van der Waals surface area contributed by atoms with E-state index in [1.807, 2.05) is 13.8 Å². The van der Waals surface area contributed by atoms with E-state index in [4.69, 9.17) is 9.84 Å². The Balaban J connectivity index is 1.68. The molecular weight excluding hydrogens is 440 g/mol. The van der Waals surface area contributed by atoms with Crippen LogP contribution in [-0.2, 0) is 4.74 Å². The normalized spacial score (nSPS) is 39.2. The maximum atomic E-state index is 10.8. The zero-order chi connectivity index (χ0) is 25.9. The van der Waals surface area contributed by atoms with Gasteiger partial charge in [-0.2, -0.15) is 0 Å². The van der Waals surface area contributed by atoms with Crippen molar-refractivity contribution < 1.29 is 25.2 Å². The number of allylic oxidation sites excluding steroid dienone is 3. The topological polar surface area (TPSA) is 90.2 Å². The number of hydrogen-bond donors (Lipinski definition) is 4. The van der Waals surface area contributed by atoms with Gasteiger partial charge in [0.1, 0.15) is 5.60 Å². The van der Waals surface area contributed by atoms with E-state index in [-0.39, 0.29) is 6.61 Å². The van der Waals surface area contributed by atoms with Crippen LogP contribution in [-0.4, -0.2) is 57.0 Å². The minimum absolute atomic E-state index is 0.0609. The summed E-state index contributed by atoms with van der Waals surface area (Å²) in [4.78, 5) is 0. The summed E-state index contributed by atoms with van der Waals surface area (Å²) >= 11 is 0. The summed E-state index contributed by atoms with van der Waals surface area (Å²) in [6.45, 7) is 10.9. The summed E-state index contributed by atoms with van der Waals surface area (Å²) in [6.07, 6.45) is 14.2. The molecule has 35 heavy (non-hydrogen) atoms. The van der Waals surface area contributed by atoms with Crippen molar-refractivity contribution in [2.45, 2.75) is 129 Å². The van der Waals surface area contributed by atoms with Gasteiger partial charge in [0.15, 0.2) is 0 Å². The summed E-state index contributed by atoms with van der Waals surface area (Å²) in [5.41, 5.74) is 1.19. The summed E-state index contributed by atoms with van der Waals surface area (Å²) in [7, 11) is 0.